The van der Waals surface area contributed by atoms with Gasteiger partial charge >= 0.3 is 0 Å². The molecule has 0 aromatic heterocycles. The van der Waals surface area contributed by atoms with Crippen molar-refractivity contribution in [3.63, 3.8) is 0 Å². The lowest BCUT2D eigenvalue weighted by molar-refractivity contribution is -0.0529. The predicted octanol–water partition coefficient (Wildman–Crippen LogP) is -1.65. The van der Waals surface area contributed by atoms with Gasteiger partial charge in [-0.05, 0) is 6.42 Å². The third-order valence-corrected chi connectivity index (χ3v) is 1.86. The summed E-state index contributed by atoms with van der Waals surface area (Å²) in [5, 5.41) is 34.9. The van der Waals surface area contributed by atoms with Crippen LogP contribution < -0.4 is 0 Å². The van der Waals surface area contributed by atoms with E-state index in [2.05, 4.69) is 0 Å². The van der Waals surface area contributed by atoms with Crippen LogP contribution in [0.2, 0.25) is 0 Å². The molecular weight excluding hydrogens is 176 g/mol. The van der Waals surface area contributed by atoms with Gasteiger partial charge < -0.3 is 25.2 Å². The van der Waals surface area contributed by atoms with E-state index >= 15 is 0 Å². The van der Waals surface area contributed by atoms with Crippen LogP contribution in [0.25, 0.3) is 0 Å². The molecule has 5 heteroatoms. The molecular formula is C8H18O5. The first-order chi connectivity index (χ1) is 6.29. The Labute approximate surface area is 77.6 Å². The predicted molar refractivity (Wildman–Crippen MR) is 46.2 cm³/mol. The van der Waals surface area contributed by atoms with E-state index in [0.717, 1.165) is 0 Å². The molecule has 0 saturated heterocycles. The Balaban J connectivity index is 3.84. The molecule has 0 heterocycles. The molecule has 0 saturated carbocycles. The average Bonchev–Trinajstić information content (AvgIpc) is 2.17. The van der Waals surface area contributed by atoms with Gasteiger partial charge in [0.05, 0.1) is 25.9 Å². The largest absolute Gasteiger partial charge is 0.396 e. The van der Waals surface area contributed by atoms with Gasteiger partial charge in [0.1, 0.15) is 0 Å². The van der Waals surface area contributed by atoms with Gasteiger partial charge in [0, 0.05) is 19.1 Å². The minimum atomic E-state index is -0.510. The number of aliphatic hydroxyl groups excluding tert-OH is 4. The number of hydrogen-bond acceptors (Lipinski definition) is 5. The highest BCUT2D eigenvalue weighted by Crippen LogP contribution is 2.11. The second-order valence-electron chi connectivity index (χ2n) is 2.77. The first-order valence-electron chi connectivity index (χ1n) is 4.35. The molecule has 0 bridgehead atoms. The highest BCUT2D eigenvalue weighted by Gasteiger charge is 2.19. The summed E-state index contributed by atoms with van der Waals surface area (Å²) in [6.45, 7) is -0.395. The van der Waals surface area contributed by atoms with Crippen LogP contribution in [0.1, 0.15) is 6.42 Å². The van der Waals surface area contributed by atoms with Gasteiger partial charge in [-0.1, -0.05) is 0 Å². The number of ether oxygens (including phenoxy) is 1. The van der Waals surface area contributed by atoms with Crippen molar-refractivity contribution in [1.82, 2.24) is 0 Å². The zero-order valence-corrected chi connectivity index (χ0v) is 7.59. The highest BCUT2D eigenvalue weighted by atomic mass is 16.5. The Bertz CT molecular complexity index is 109. The maximum absolute atomic E-state index is 8.89. The molecule has 0 aromatic carbocycles. The van der Waals surface area contributed by atoms with Crippen LogP contribution in [0.5, 0.6) is 0 Å². The molecule has 0 aliphatic heterocycles. The standard InChI is InChI=1S/C8H18O5/c9-2-1-7(5-11)8(6-12)13-4-3-10/h7-12H,1-6H2. The molecule has 0 aliphatic carbocycles. The van der Waals surface area contributed by atoms with Crippen molar-refractivity contribution in [3.05, 3.63) is 0 Å². The smallest absolute Gasteiger partial charge is 0.0857 e. The molecule has 0 rings (SSSR count). The van der Waals surface area contributed by atoms with E-state index in [4.69, 9.17) is 25.2 Å². The Hall–Kier alpha value is -0.200. The Morgan fingerprint density at radius 1 is 0.923 bits per heavy atom. The second kappa shape index (κ2) is 8.40. The summed E-state index contributed by atoms with van der Waals surface area (Å²) in [4.78, 5) is 0. The van der Waals surface area contributed by atoms with Gasteiger partial charge in [-0.2, -0.15) is 0 Å². The van der Waals surface area contributed by atoms with Crippen molar-refractivity contribution in [1.29, 1.82) is 0 Å². The highest BCUT2D eigenvalue weighted by molar-refractivity contribution is 4.68. The molecule has 0 fully saturated rings. The maximum atomic E-state index is 8.89. The van der Waals surface area contributed by atoms with E-state index in [-0.39, 0.29) is 39.0 Å². The summed E-state index contributed by atoms with van der Waals surface area (Å²) < 4.78 is 5.07. The van der Waals surface area contributed by atoms with Crippen LogP contribution in [0.3, 0.4) is 0 Å². The second-order valence-corrected chi connectivity index (χ2v) is 2.77. The van der Waals surface area contributed by atoms with Gasteiger partial charge in [0.2, 0.25) is 0 Å². The van der Waals surface area contributed by atoms with Crippen LogP contribution in [0.15, 0.2) is 0 Å². The van der Waals surface area contributed by atoms with Crippen molar-refractivity contribution < 1.29 is 25.2 Å². The van der Waals surface area contributed by atoms with Crippen LogP contribution in [0, 0.1) is 5.92 Å². The molecule has 13 heavy (non-hydrogen) atoms. The van der Waals surface area contributed by atoms with Gasteiger partial charge in [0.25, 0.3) is 0 Å². The van der Waals surface area contributed by atoms with Crippen molar-refractivity contribution in [2.45, 2.75) is 12.5 Å². The zero-order chi connectivity index (χ0) is 10.1. The minimum absolute atomic E-state index is 0.0514. The maximum Gasteiger partial charge on any atom is 0.0857 e. The topological polar surface area (TPSA) is 90.2 Å². The van der Waals surface area contributed by atoms with Gasteiger partial charge in [-0.15, -0.1) is 0 Å². The Kier molecular flexibility index (Phi) is 8.27. The first-order valence-corrected chi connectivity index (χ1v) is 4.35. The Morgan fingerprint density at radius 2 is 1.62 bits per heavy atom. The van der Waals surface area contributed by atoms with Crippen LogP contribution in [-0.2, 0) is 4.74 Å². The van der Waals surface area contributed by atoms with Gasteiger partial charge in [0.15, 0.2) is 0 Å². The molecule has 0 aliphatic rings. The van der Waals surface area contributed by atoms with Crippen molar-refractivity contribution >= 4 is 0 Å². The summed E-state index contributed by atoms with van der Waals surface area (Å²) in [5.41, 5.74) is 0. The summed E-state index contributed by atoms with van der Waals surface area (Å²) >= 11 is 0. The lowest BCUT2D eigenvalue weighted by Crippen LogP contribution is -2.32. The van der Waals surface area contributed by atoms with E-state index in [1.807, 2.05) is 0 Å². The van der Waals surface area contributed by atoms with Crippen molar-refractivity contribution in [2.75, 3.05) is 33.0 Å². The number of hydrogen-bond donors (Lipinski definition) is 4. The molecule has 0 amide bonds. The number of aliphatic hydroxyl groups is 4. The molecule has 2 unspecified atom stereocenters. The fourth-order valence-electron chi connectivity index (χ4n) is 1.10. The summed E-state index contributed by atoms with van der Waals surface area (Å²) in [6.07, 6.45) is -0.128. The lowest BCUT2D eigenvalue weighted by atomic mass is 10.0. The van der Waals surface area contributed by atoms with Crippen LogP contribution in [-0.4, -0.2) is 59.6 Å². The zero-order valence-electron chi connectivity index (χ0n) is 7.59. The van der Waals surface area contributed by atoms with E-state index in [0.29, 0.717) is 6.42 Å². The lowest BCUT2D eigenvalue weighted by Gasteiger charge is -2.23. The molecule has 5 nitrogen and oxygen atoms in total. The quantitative estimate of drug-likeness (QED) is 0.371. The normalized spacial score (nSPS) is 15.7. The van der Waals surface area contributed by atoms with Crippen molar-refractivity contribution in [3.8, 4) is 0 Å². The SMILES string of the molecule is OCCOC(CO)C(CO)CCO. The average molecular weight is 194 g/mol. The Morgan fingerprint density at radius 3 is 2.00 bits per heavy atom. The molecule has 4 N–H and O–H groups in total. The van der Waals surface area contributed by atoms with E-state index in [1.54, 1.807) is 0 Å². The minimum Gasteiger partial charge on any atom is -0.396 e. The van der Waals surface area contributed by atoms with Gasteiger partial charge in [-0.25, -0.2) is 0 Å². The third-order valence-electron chi connectivity index (χ3n) is 1.86. The molecule has 0 spiro atoms. The third kappa shape index (κ3) is 5.17. The molecule has 80 valence electrons. The van der Waals surface area contributed by atoms with Gasteiger partial charge in [-0.3, -0.25) is 0 Å². The van der Waals surface area contributed by atoms with E-state index in [9.17, 15) is 0 Å². The monoisotopic (exact) mass is 194 g/mol. The summed E-state index contributed by atoms with van der Waals surface area (Å²) in [5.74, 6) is -0.276. The van der Waals surface area contributed by atoms with E-state index in [1.165, 1.54) is 0 Å². The first kappa shape index (κ1) is 12.8. The fourth-order valence-corrected chi connectivity index (χ4v) is 1.10. The fraction of sp³-hybridized carbons (Fsp3) is 1.00. The van der Waals surface area contributed by atoms with Crippen LogP contribution in [0.4, 0.5) is 0 Å². The summed E-state index contributed by atoms with van der Waals surface area (Å²) in [7, 11) is 0. The van der Waals surface area contributed by atoms with Crippen LogP contribution >= 0.6 is 0 Å². The van der Waals surface area contributed by atoms with E-state index < -0.39 is 6.10 Å². The van der Waals surface area contributed by atoms with Crippen molar-refractivity contribution in [2.24, 2.45) is 5.92 Å². The molecule has 2 atom stereocenters. The molecule has 0 aromatic rings. The summed E-state index contributed by atoms with van der Waals surface area (Å²) in [6, 6.07) is 0. The number of rotatable bonds is 8. The molecule has 0 radical (unpaired) electrons.